The number of carbonyl (C=O) groups excluding carboxylic acids is 1. The lowest BCUT2D eigenvalue weighted by atomic mass is 10.2. The van der Waals surface area contributed by atoms with E-state index in [0.717, 1.165) is 11.3 Å². The van der Waals surface area contributed by atoms with Gasteiger partial charge in [0.2, 0.25) is 5.91 Å². The number of amides is 1. The predicted octanol–water partition coefficient (Wildman–Crippen LogP) is 1.13. The molecular formula is C12H15NO4. The number of methoxy groups -OCH3 is 1. The molecule has 0 aliphatic carbocycles. The van der Waals surface area contributed by atoms with Crippen LogP contribution in [0.5, 0.6) is 5.75 Å². The van der Waals surface area contributed by atoms with Crippen molar-refractivity contribution in [3.8, 4) is 5.75 Å². The van der Waals surface area contributed by atoms with Crippen molar-refractivity contribution >= 4 is 11.9 Å². The Kier molecular flexibility index (Phi) is 4.51. The molecule has 1 rings (SSSR count). The summed E-state index contributed by atoms with van der Waals surface area (Å²) in [5.41, 5.74) is 0.863. The average Bonchev–Trinajstić information content (AvgIpc) is 2.28. The number of ether oxygens (including phenoxy) is 1. The highest BCUT2D eigenvalue weighted by atomic mass is 16.5. The number of hydrogen-bond donors (Lipinski definition) is 1. The Morgan fingerprint density at radius 1 is 1.29 bits per heavy atom. The van der Waals surface area contributed by atoms with Gasteiger partial charge in [-0.1, -0.05) is 12.1 Å². The fourth-order valence-electron chi connectivity index (χ4n) is 1.39. The minimum absolute atomic E-state index is 0.261. The van der Waals surface area contributed by atoms with E-state index in [1.807, 2.05) is 0 Å². The lowest BCUT2D eigenvalue weighted by molar-refractivity contribution is -0.144. The van der Waals surface area contributed by atoms with E-state index in [1.165, 1.54) is 11.8 Å². The van der Waals surface area contributed by atoms with Gasteiger partial charge < -0.3 is 14.7 Å². The van der Waals surface area contributed by atoms with Crippen LogP contribution < -0.4 is 4.74 Å². The zero-order valence-electron chi connectivity index (χ0n) is 9.84. The van der Waals surface area contributed by atoms with Crippen LogP contribution in [0.4, 0.5) is 0 Å². The van der Waals surface area contributed by atoms with E-state index in [9.17, 15) is 9.59 Å². The van der Waals surface area contributed by atoms with Gasteiger partial charge in [0.25, 0.3) is 0 Å². The monoisotopic (exact) mass is 237 g/mol. The van der Waals surface area contributed by atoms with Crippen molar-refractivity contribution in [3.05, 3.63) is 29.8 Å². The second-order valence-corrected chi connectivity index (χ2v) is 3.62. The van der Waals surface area contributed by atoms with E-state index in [-0.39, 0.29) is 19.0 Å². The molecule has 0 heterocycles. The number of carbonyl (C=O) groups is 2. The molecule has 92 valence electrons. The van der Waals surface area contributed by atoms with E-state index >= 15 is 0 Å². The molecule has 0 bridgehead atoms. The van der Waals surface area contributed by atoms with Crippen LogP contribution in [0.2, 0.25) is 0 Å². The summed E-state index contributed by atoms with van der Waals surface area (Å²) in [6.45, 7) is 1.35. The quantitative estimate of drug-likeness (QED) is 0.833. The van der Waals surface area contributed by atoms with E-state index in [0.29, 0.717) is 0 Å². The summed E-state index contributed by atoms with van der Waals surface area (Å²) < 4.78 is 5.01. The maximum absolute atomic E-state index is 11.2. The first kappa shape index (κ1) is 13.0. The summed E-state index contributed by atoms with van der Waals surface area (Å²) in [6, 6.07) is 7.15. The average molecular weight is 237 g/mol. The summed E-state index contributed by atoms with van der Waals surface area (Å²) in [7, 11) is 1.57. The first-order valence-electron chi connectivity index (χ1n) is 5.13. The summed E-state index contributed by atoms with van der Waals surface area (Å²) in [5.74, 6) is -0.557. The zero-order chi connectivity index (χ0) is 12.8. The van der Waals surface area contributed by atoms with E-state index in [4.69, 9.17) is 9.84 Å². The maximum Gasteiger partial charge on any atom is 0.323 e. The van der Waals surface area contributed by atoms with Gasteiger partial charge >= 0.3 is 5.97 Å². The number of rotatable bonds is 5. The molecule has 0 saturated heterocycles. The Bertz CT molecular complexity index is 399. The molecule has 0 aliphatic heterocycles. The van der Waals surface area contributed by atoms with Gasteiger partial charge in [-0.2, -0.15) is 0 Å². The van der Waals surface area contributed by atoms with Crippen molar-refractivity contribution in [1.82, 2.24) is 4.90 Å². The highest BCUT2D eigenvalue weighted by Crippen LogP contribution is 2.13. The van der Waals surface area contributed by atoms with Crippen molar-refractivity contribution < 1.29 is 19.4 Å². The third kappa shape index (κ3) is 4.14. The molecule has 0 spiro atoms. The number of nitrogens with zero attached hydrogens (tertiary/aromatic N) is 1. The Balaban J connectivity index is 2.71. The second kappa shape index (κ2) is 5.89. The second-order valence-electron chi connectivity index (χ2n) is 3.62. The number of benzene rings is 1. The number of carboxylic acid groups (broad SMARTS) is 1. The van der Waals surface area contributed by atoms with Crippen molar-refractivity contribution in [1.29, 1.82) is 0 Å². The molecular weight excluding hydrogens is 222 g/mol. The minimum Gasteiger partial charge on any atom is -0.497 e. The van der Waals surface area contributed by atoms with Crippen molar-refractivity contribution in [3.63, 3.8) is 0 Å². The molecule has 0 unspecified atom stereocenters. The van der Waals surface area contributed by atoms with Gasteiger partial charge in [0.15, 0.2) is 0 Å². The summed E-state index contributed by atoms with van der Waals surface area (Å²) >= 11 is 0. The lowest BCUT2D eigenvalue weighted by Gasteiger charge is -2.18. The maximum atomic E-state index is 11.2. The third-order valence-electron chi connectivity index (χ3n) is 2.30. The molecule has 0 aliphatic rings. The summed E-state index contributed by atoms with van der Waals surface area (Å²) in [6.07, 6.45) is 0. The van der Waals surface area contributed by atoms with E-state index in [2.05, 4.69) is 0 Å². The van der Waals surface area contributed by atoms with Crippen LogP contribution in [-0.4, -0.2) is 35.5 Å². The van der Waals surface area contributed by atoms with Crippen LogP contribution in [0.1, 0.15) is 12.5 Å². The van der Waals surface area contributed by atoms with Crippen molar-refractivity contribution in [2.75, 3.05) is 13.7 Å². The highest BCUT2D eigenvalue weighted by Gasteiger charge is 2.12. The normalized spacial score (nSPS) is 9.76. The molecule has 1 amide bonds. The van der Waals surface area contributed by atoms with E-state index in [1.54, 1.807) is 31.4 Å². The largest absolute Gasteiger partial charge is 0.497 e. The van der Waals surface area contributed by atoms with Gasteiger partial charge in [0.05, 0.1) is 7.11 Å². The third-order valence-corrected chi connectivity index (χ3v) is 2.30. The van der Waals surface area contributed by atoms with Gasteiger partial charge in [-0.05, 0) is 17.7 Å². The fourth-order valence-corrected chi connectivity index (χ4v) is 1.39. The summed E-state index contributed by atoms with van der Waals surface area (Å²) in [4.78, 5) is 23.1. The Morgan fingerprint density at radius 2 is 1.88 bits per heavy atom. The summed E-state index contributed by atoms with van der Waals surface area (Å²) in [5, 5.41) is 8.68. The molecule has 1 N–H and O–H groups in total. The first-order chi connectivity index (χ1) is 8.02. The number of hydrogen-bond acceptors (Lipinski definition) is 3. The molecule has 5 nitrogen and oxygen atoms in total. The Hall–Kier alpha value is -2.04. The van der Waals surface area contributed by atoms with Crippen LogP contribution in [0.25, 0.3) is 0 Å². The SMILES string of the molecule is COc1ccc(CN(CC(=O)O)C(C)=O)cc1. The Morgan fingerprint density at radius 3 is 2.29 bits per heavy atom. The molecule has 0 aromatic heterocycles. The highest BCUT2D eigenvalue weighted by molar-refractivity contribution is 5.79. The van der Waals surface area contributed by atoms with Crippen LogP contribution >= 0.6 is 0 Å². The van der Waals surface area contributed by atoms with Crippen LogP contribution in [0.15, 0.2) is 24.3 Å². The van der Waals surface area contributed by atoms with Gasteiger partial charge in [-0.15, -0.1) is 0 Å². The minimum atomic E-state index is -1.02. The smallest absolute Gasteiger partial charge is 0.323 e. The van der Waals surface area contributed by atoms with Crippen LogP contribution in [0, 0.1) is 0 Å². The van der Waals surface area contributed by atoms with Gasteiger partial charge in [0, 0.05) is 13.5 Å². The topological polar surface area (TPSA) is 66.8 Å². The Labute approximate surface area is 99.6 Å². The van der Waals surface area contributed by atoms with Gasteiger partial charge in [-0.3, -0.25) is 9.59 Å². The van der Waals surface area contributed by atoms with Crippen LogP contribution in [-0.2, 0) is 16.1 Å². The van der Waals surface area contributed by atoms with Gasteiger partial charge in [0.1, 0.15) is 12.3 Å². The molecule has 0 saturated carbocycles. The molecule has 1 aromatic rings. The van der Waals surface area contributed by atoms with Gasteiger partial charge in [-0.25, -0.2) is 0 Å². The molecule has 1 aromatic carbocycles. The molecule has 0 fully saturated rings. The first-order valence-corrected chi connectivity index (χ1v) is 5.13. The molecule has 0 atom stereocenters. The van der Waals surface area contributed by atoms with Crippen molar-refractivity contribution in [2.24, 2.45) is 0 Å². The standard InChI is InChI=1S/C12H15NO4/c1-9(14)13(8-12(15)16)7-10-3-5-11(17-2)6-4-10/h3-6H,7-8H2,1-2H3,(H,15,16). The predicted molar refractivity (Wildman–Crippen MR) is 61.7 cm³/mol. The number of carboxylic acids is 1. The molecule has 0 radical (unpaired) electrons. The van der Waals surface area contributed by atoms with Crippen LogP contribution in [0.3, 0.4) is 0 Å². The number of aliphatic carboxylic acids is 1. The molecule has 5 heteroatoms. The van der Waals surface area contributed by atoms with E-state index < -0.39 is 5.97 Å². The fraction of sp³-hybridized carbons (Fsp3) is 0.333. The molecule has 17 heavy (non-hydrogen) atoms. The lowest BCUT2D eigenvalue weighted by Crippen LogP contribution is -2.33. The van der Waals surface area contributed by atoms with Crippen molar-refractivity contribution in [2.45, 2.75) is 13.5 Å². The zero-order valence-corrected chi connectivity index (χ0v) is 9.84.